The predicted octanol–water partition coefficient (Wildman–Crippen LogP) is 4.16. The van der Waals surface area contributed by atoms with Gasteiger partial charge in [0.05, 0.1) is 11.4 Å². The van der Waals surface area contributed by atoms with Crippen molar-refractivity contribution in [1.82, 2.24) is 0 Å². The Bertz CT molecular complexity index is 301. The molecule has 0 unspecified atom stereocenters. The summed E-state index contributed by atoms with van der Waals surface area (Å²) in [6, 6.07) is 7.76. The lowest BCUT2D eigenvalue weighted by atomic mass is 10.3. The number of hydrogen-bond donors (Lipinski definition) is 2. The monoisotopic (exact) mass is 254 g/mol. The van der Waals surface area contributed by atoms with E-state index >= 15 is 0 Å². The highest BCUT2D eigenvalue weighted by atomic mass is 35.6. The lowest BCUT2D eigenvalue weighted by Gasteiger charge is -2.19. The maximum atomic E-state index is 5.76. The molecular weight excluding hydrogens is 249 g/mol. The molecule has 1 aliphatic heterocycles. The fourth-order valence-corrected chi connectivity index (χ4v) is 3.02. The fourth-order valence-electron chi connectivity index (χ4n) is 1.07. The third-order valence-electron chi connectivity index (χ3n) is 1.65. The molecule has 2 rings (SSSR count). The fraction of sp³-hybridized carbons (Fsp3) is 0.143. The van der Waals surface area contributed by atoms with Crippen LogP contribution in [0.5, 0.6) is 0 Å². The zero-order valence-corrected chi connectivity index (χ0v) is 9.55. The Morgan fingerprint density at radius 3 is 1.85 bits per heavy atom. The number of rotatable bonds is 0. The highest BCUT2D eigenvalue weighted by molar-refractivity contribution is 7.69. The smallest absolute Gasteiger partial charge is 0.246 e. The molecule has 2 nitrogen and oxygen atoms in total. The van der Waals surface area contributed by atoms with Crippen LogP contribution in [0.3, 0.4) is 0 Å². The van der Waals surface area contributed by atoms with Gasteiger partial charge in [-0.3, -0.25) is 0 Å². The molecule has 0 saturated heterocycles. The van der Waals surface area contributed by atoms with Crippen LogP contribution >= 0.6 is 43.0 Å². The third kappa shape index (κ3) is 1.97. The van der Waals surface area contributed by atoms with Crippen molar-refractivity contribution >= 4 is 54.4 Å². The lowest BCUT2D eigenvalue weighted by molar-refractivity contribution is 1.69. The number of alkyl halides is 3. The van der Waals surface area contributed by atoms with Crippen LogP contribution in [0, 0.1) is 0 Å². The quantitative estimate of drug-likeness (QED) is 0.537. The molecule has 0 atom stereocenters. The molecule has 1 aromatic carbocycles. The van der Waals surface area contributed by atoms with E-state index in [2.05, 4.69) is 10.2 Å². The first-order chi connectivity index (χ1) is 6.07. The summed E-state index contributed by atoms with van der Waals surface area (Å²) in [5.74, 6) is 0. The second kappa shape index (κ2) is 3.36. The molecule has 0 saturated carbocycles. The van der Waals surface area contributed by atoms with Crippen molar-refractivity contribution in [3.05, 3.63) is 24.3 Å². The number of para-hydroxylation sites is 2. The van der Waals surface area contributed by atoms with Crippen LogP contribution in [0.25, 0.3) is 0 Å². The largest absolute Gasteiger partial charge is 0.343 e. The molecule has 70 valence electrons. The third-order valence-corrected chi connectivity index (χ3v) is 4.60. The molecule has 0 radical (unpaired) electrons. The Hall–Kier alpha value is 0.120. The standard InChI is InChI=1S/C7H6Cl3N2P/c8-7(9,10)13-11-5-3-1-2-4-6(5)12-13/h1-4,11-12H. The van der Waals surface area contributed by atoms with Crippen LogP contribution in [0.15, 0.2) is 24.3 Å². The molecule has 0 aliphatic carbocycles. The molecular formula is C7H6Cl3N2P. The van der Waals surface area contributed by atoms with Gasteiger partial charge in [-0.15, -0.1) is 0 Å². The molecule has 0 amide bonds. The van der Waals surface area contributed by atoms with Crippen LogP contribution < -0.4 is 10.2 Å². The second-order valence-electron chi connectivity index (χ2n) is 2.57. The van der Waals surface area contributed by atoms with Gasteiger partial charge in [0.25, 0.3) is 0 Å². The van der Waals surface area contributed by atoms with Gasteiger partial charge in [0.2, 0.25) is 3.53 Å². The van der Waals surface area contributed by atoms with Gasteiger partial charge in [-0.05, 0) is 12.1 Å². The minimum Gasteiger partial charge on any atom is -0.343 e. The average molecular weight is 255 g/mol. The van der Waals surface area contributed by atoms with Crippen LogP contribution in [-0.4, -0.2) is 3.53 Å². The van der Waals surface area contributed by atoms with Crippen LogP contribution in [0.2, 0.25) is 0 Å². The zero-order chi connectivity index (χ0) is 9.47. The van der Waals surface area contributed by atoms with Gasteiger partial charge in [-0.1, -0.05) is 46.9 Å². The Kier molecular flexibility index (Phi) is 2.50. The Morgan fingerprint density at radius 2 is 1.46 bits per heavy atom. The topological polar surface area (TPSA) is 24.1 Å². The zero-order valence-electron chi connectivity index (χ0n) is 6.39. The molecule has 0 aromatic heterocycles. The van der Waals surface area contributed by atoms with E-state index in [4.69, 9.17) is 34.8 Å². The van der Waals surface area contributed by atoms with Crippen molar-refractivity contribution in [1.29, 1.82) is 0 Å². The number of fused-ring (bicyclic) bond motifs is 1. The Labute approximate surface area is 92.4 Å². The molecule has 0 fully saturated rings. The normalized spacial score (nSPS) is 16.2. The summed E-state index contributed by atoms with van der Waals surface area (Å²) >= 11 is 17.3. The summed E-state index contributed by atoms with van der Waals surface area (Å²) in [6.45, 7) is 0. The maximum absolute atomic E-state index is 5.76. The van der Waals surface area contributed by atoms with Crippen LogP contribution in [0.4, 0.5) is 11.4 Å². The van der Waals surface area contributed by atoms with Gasteiger partial charge in [-0.25, -0.2) is 0 Å². The van der Waals surface area contributed by atoms with Crippen molar-refractivity contribution in [2.45, 2.75) is 3.53 Å². The highest BCUT2D eigenvalue weighted by Crippen LogP contribution is 2.61. The number of nitrogens with one attached hydrogen (secondary N) is 2. The molecule has 6 heteroatoms. The summed E-state index contributed by atoms with van der Waals surface area (Å²) in [5, 5.41) is 6.26. The number of hydrogen-bond acceptors (Lipinski definition) is 2. The minimum atomic E-state index is -1.28. The maximum Gasteiger partial charge on any atom is 0.246 e. The summed E-state index contributed by atoms with van der Waals surface area (Å²) in [7, 11) is -1.02. The van der Waals surface area contributed by atoms with Gasteiger partial charge in [-0.2, -0.15) is 0 Å². The first-order valence-electron chi connectivity index (χ1n) is 3.57. The number of anilines is 2. The molecule has 0 bridgehead atoms. The predicted molar refractivity (Wildman–Crippen MR) is 60.9 cm³/mol. The minimum absolute atomic E-state index is 0.986. The van der Waals surface area contributed by atoms with E-state index < -0.39 is 11.8 Å². The van der Waals surface area contributed by atoms with E-state index in [-0.39, 0.29) is 0 Å². The van der Waals surface area contributed by atoms with Crippen molar-refractivity contribution in [2.75, 3.05) is 10.2 Å². The van der Waals surface area contributed by atoms with Crippen molar-refractivity contribution in [2.24, 2.45) is 0 Å². The van der Waals surface area contributed by atoms with E-state index in [1.807, 2.05) is 24.3 Å². The molecule has 1 heterocycles. The van der Waals surface area contributed by atoms with Crippen LogP contribution in [0.1, 0.15) is 0 Å². The molecule has 1 aliphatic rings. The molecule has 2 N–H and O–H groups in total. The van der Waals surface area contributed by atoms with E-state index in [0.29, 0.717) is 0 Å². The van der Waals surface area contributed by atoms with Crippen LogP contribution in [-0.2, 0) is 0 Å². The van der Waals surface area contributed by atoms with Crippen molar-refractivity contribution in [3.8, 4) is 0 Å². The highest BCUT2D eigenvalue weighted by Gasteiger charge is 2.37. The van der Waals surface area contributed by atoms with Gasteiger partial charge in [0.15, 0.2) is 0 Å². The number of benzene rings is 1. The average Bonchev–Trinajstić information content (AvgIpc) is 2.45. The summed E-state index contributed by atoms with van der Waals surface area (Å²) in [6.07, 6.45) is 0. The van der Waals surface area contributed by atoms with E-state index in [1.54, 1.807) is 0 Å². The number of halogens is 3. The summed E-state index contributed by atoms with van der Waals surface area (Å²) in [4.78, 5) is 0. The van der Waals surface area contributed by atoms with Gasteiger partial charge < -0.3 is 10.2 Å². The Balaban J connectivity index is 2.23. The Morgan fingerprint density at radius 1 is 1.00 bits per heavy atom. The first kappa shape index (κ1) is 9.67. The SMILES string of the molecule is ClC(Cl)(Cl)P1Nc2ccccc2N1. The van der Waals surface area contributed by atoms with Crippen molar-refractivity contribution < 1.29 is 0 Å². The molecule has 1 aromatic rings. The van der Waals surface area contributed by atoms with Gasteiger partial charge in [0.1, 0.15) is 8.22 Å². The van der Waals surface area contributed by atoms with E-state index in [0.717, 1.165) is 11.4 Å². The van der Waals surface area contributed by atoms with E-state index in [9.17, 15) is 0 Å². The van der Waals surface area contributed by atoms with Gasteiger partial charge in [0, 0.05) is 0 Å². The molecule has 13 heavy (non-hydrogen) atoms. The lowest BCUT2D eigenvalue weighted by Crippen LogP contribution is -2.07. The molecule has 0 spiro atoms. The first-order valence-corrected chi connectivity index (χ1v) is 6.04. The summed E-state index contributed by atoms with van der Waals surface area (Å²) < 4.78 is -1.28. The van der Waals surface area contributed by atoms with Gasteiger partial charge >= 0.3 is 0 Å². The summed E-state index contributed by atoms with van der Waals surface area (Å²) in [5.41, 5.74) is 1.97. The second-order valence-corrected chi connectivity index (χ2v) is 7.43. The van der Waals surface area contributed by atoms with Crippen molar-refractivity contribution in [3.63, 3.8) is 0 Å². The van der Waals surface area contributed by atoms with E-state index in [1.165, 1.54) is 0 Å².